The molecule has 21 heavy (non-hydrogen) atoms. The first-order valence-electron chi connectivity index (χ1n) is 7.28. The van der Waals surface area contributed by atoms with Crippen molar-refractivity contribution < 1.29 is 9.47 Å². The van der Waals surface area contributed by atoms with Crippen LogP contribution in [0.25, 0.3) is 0 Å². The van der Waals surface area contributed by atoms with Crippen molar-refractivity contribution in [2.45, 2.75) is 33.1 Å². The van der Waals surface area contributed by atoms with Crippen LogP contribution in [-0.2, 0) is 0 Å². The standard InChI is InChI=1S/C18H23NO2/c1-14(2)20-17-12-8-9-13-18(17)21-15(3)19(4)16-10-6-5-7-11-16/h5-15H,1-4H3. The largest absolute Gasteiger partial charge is 0.487 e. The summed E-state index contributed by atoms with van der Waals surface area (Å²) >= 11 is 0. The topological polar surface area (TPSA) is 21.7 Å². The molecule has 0 aliphatic rings. The minimum atomic E-state index is -0.0932. The molecule has 1 atom stereocenters. The Morgan fingerprint density at radius 1 is 0.762 bits per heavy atom. The average molecular weight is 285 g/mol. The molecule has 1 unspecified atom stereocenters. The number of para-hydroxylation sites is 3. The lowest BCUT2D eigenvalue weighted by Crippen LogP contribution is -2.33. The van der Waals surface area contributed by atoms with Crippen molar-refractivity contribution in [3.63, 3.8) is 0 Å². The van der Waals surface area contributed by atoms with Crippen LogP contribution in [0.4, 0.5) is 5.69 Å². The number of anilines is 1. The zero-order chi connectivity index (χ0) is 15.2. The molecule has 0 saturated heterocycles. The zero-order valence-corrected chi connectivity index (χ0v) is 13.1. The van der Waals surface area contributed by atoms with Gasteiger partial charge in [0.05, 0.1) is 6.10 Å². The predicted molar refractivity (Wildman–Crippen MR) is 87.1 cm³/mol. The van der Waals surface area contributed by atoms with Gasteiger partial charge in [-0.25, -0.2) is 0 Å². The van der Waals surface area contributed by atoms with E-state index in [1.54, 1.807) is 0 Å². The van der Waals surface area contributed by atoms with E-state index in [-0.39, 0.29) is 12.3 Å². The van der Waals surface area contributed by atoms with Crippen LogP contribution in [0.5, 0.6) is 11.5 Å². The van der Waals surface area contributed by atoms with Gasteiger partial charge in [0.15, 0.2) is 17.7 Å². The SMILES string of the molecule is CC(C)Oc1ccccc1OC(C)N(C)c1ccccc1. The first kappa shape index (κ1) is 15.2. The van der Waals surface area contributed by atoms with Crippen molar-refractivity contribution in [3.8, 4) is 11.5 Å². The van der Waals surface area contributed by atoms with Gasteiger partial charge in [0.2, 0.25) is 0 Å². The molecule has 3 nitrogen and oxygen atoms in total. The van der Waals surface area contributed by atoms with Gasteiger partial charge < -0.3 is 14.4 Å². The van der Waals surface area contributed by atoms with E-state index in [2.05, 4.69) is 17.0 Å². The molecule has 0 fully saturated rings. The Hall–Kier alpha value is -2.16. The lowest BCUT2D eigenvalue weighted by atomic mass is 10.3. The molecule has 0 aliphatic heterocycles. The Morgan fingerprint density at radius 3 is 1.86 bits per heavy atom. The third kappa shape index (κ3) is 4.15. The van der Waals surface area contributed by atoms with Crippen LogP contribution in [0, 0.1) is 0 Å². The Balaban J connectivity index is 2.11. The van der Waals surface area contributed by atoms with Gasteiger partial charge in [-0.15, -0.1) is 0 Å². The highest BCUT2D eigenvalue weighted by molar-refractivity contribution is 5.46. The molecule has 0 amide bonds. The number of benzene rings is 2. The summed E-state index contributed by atoms with van der Waals surface area (Å²) in [6.45, 7) is 6.05. The number of hydrogen-bond donors (Lipinski definition) is 0. The summed E-state index contributed by atoms with van der Waals surface area (Å²) in [5.41, 5.74) is 1.12. The Labute approximate surface area is 127 Å². The van der Waals surface area contributed by atoms with Gasteiger partial charge in [-0.1, -0.05) is 30.3 Å². The molecule has 0 heterocycles. The second kappa shape index (κ2) is 7.02. The Kier molecular flexibility index (Phi) is 5.09. The van der Waals surface area contributed by atoms with Crippen molar-refractivity contribution in [3.05, 3.63) is 54.6 Å². The van der Waals surface area contributed by atoms with E-state index >= 15 is 0 Å². The van der Waals surface area contributed by atoms with Gasteiger partial charge in [-0.2, -0.15) is 0 Å². The van der Waals surface area contributed by atoms with Crippen molar-refractivity contribution in [1.82, 2.24) is 0 Å². The second-order valence-electron chi connectivity index (χ2n) is 5.28. The Morgan fingerprint density at radius 2 is 1.29 bits per heavy atom. The third-order valence-electron chi connectivity index (χ3n) is 3.22. The fourth-order valence-electron chi connectivity index (χ4n) is 2.03. The number of rotatable bonds is 6. The highest BCUT2D eigenvalue weighted by Gasteiger charge is 2.14. The van der Waals surface area contributed by atoms with Crippen LogP contribution < -0.4 is 14.4 Å². The summed E-state index contributed by atoms with van der Waals surface area (Å²) < 4.78 is 11.9. The van der Waals surface area contributed by atoms with Gasteiger partial charge in [0, 0.05) is 12.7 Å². The van der Waals surface area contributed by atoms with E-state index in [0.717, 1.165) is 17.2 Å². The molecule has 0 radical (unpaired) electrons. The van der Waals surface area contributed by atoms with E-state index in [9.17, 15) is 0 Å². The first-order chi connectivity index (χ1) is 10.1. The maximum atomic E-state index is 6.06. The van der Waals surface area contributed by atoms with Crippen molar-refractivity contribution in [2.24, 2.45) is 0 Å². The summed E-state index contributed by atoms with van der Waals surface area (Å²) in [6.07, 6.45) is 0.0289. The lowest BCUT2D eigenvalue weighted by Gasteiger charge is -2.28. The molecule has 0 aliphatic carbocycles. The van der Waals surface area contributed by atoms with Gasteiger partial charge in [-0.05, 0) is 45.0 Å². The van der Waals surface area contributed by atoms with Gasteiger partial charge in [0.1, 0.15) is 0 Å². The maximum absolute atomic E-state index is 6.06. The summed E-state index contributed by atoms with van der Waals surface area (Å²) in [7, 11) is 2.02. The summed E-state index contributed by atoms with van der Waals surface area (Å²) in [5, 5.41) is 0. The smallest absolute Gasteiger partial charge is 0.169 e. The highest BCUT2D eigenvalue weighted by atomic mass is 16.5. The minimum absolute atomic E-state index is 0.0932. The molecule has 112 valence electrons. The third-order valence-corrected chi connectivity index (χ3v) is 3.22. The summed E-state index contributed by atoms with van der Waals surface area (Å²) in [4.78, 5) is 2.09. The van der Waals surface area contributed by atoms with Crippen molar-refractivity contribution in [2.75, 3.05) is 11.9 Å². The van der Waals surface area contributed by atoms with E-state index in [1.807, 2.05) is 70.3 Å². The van der Waals surface area contributed by atoms with Crippen LogP contribution in [0.1, 0.15) is 20.8 Å². The molecule has 2 aromatic rings. The molecular formula is C18H23NO2. The van der Waals surface area contributed by atoms with Crippen molar-refractivity contribution >= 4 is 5.69 Å². The second-order valence-corrected chi connectivity index (χ2v) is 5.28. The summed E-state index contributed by atoms with van der Waals surface area (Å²) in [5.74, 6) is 1.54. The van der Waals surface area contributed by atoms with Gasteiger partial charge >= 0.3 is 0 Å². The van der Waals surface area contributed by atoms with Gasteiger partial charge in [-0.3, -0.25) is 0 Å². The molecule has 2 aromatic carbocycles. The van der Waals surface area contributed by atoms with E-state index in [4.69, 9.17) is 9.47 Å². The number of ether oxygens (including phenoxy) is 2. The molecule has 0 saturated carbocycles. The maximum Gasteiger partial charge on any atom is 0.169 e. The lowest BCUT2D eigenvalue weighted by molar-refractivity contribution is 0.189. The zero-order valence-electron chi connectivity index (χ0n) is 13.1. The van der Waals surface area contributed by atoms with Crippen LogP contribution >= 0.6 is 0 Å². The normalized spacial score (nSPS) is 12.0. The fourth-order valence-corrected chi connectivity index (χ4v) is 2.03. The van der Waals surface area contributed by atoms with Crippen LogP contribution in [0.15, 0.2) is 54.6 Å². The quantitative estimate of drug-likeness (QED) is 0.737. The van der Waals surface area contributed by atoms with Crippen LogP contribution in [-0.4, -0.2) is 19.4 Å². The van der Waals surface area contributed by atoms with Crippen molar-refractivity contribution in [1.29, 1.82) is 0 Å². The number of nitrogens with zero attached hydrogens (tertiary/aromatic N) is 1. The highest BCUT2D eigenvalue weighted by Crippen LogP contribution is 2.29. The first-order valence-corrected chi connectivity index (χ1v) is 7.28. The predicted octanol–water partition coefficient (Wildman–Crippen LogP) is 4.34. The molecule has 0 bridgehead atoms. The van der Waals surface area contributed by atoms with E-state index in [0.29, 0.717) is 0 Å². The Bertz CT molecular complexity index is 554. The molecule has 3 heteroatoms. The molecule has 0 aromatic heterocycles. The molecule has 0 spiro atoms. The average Bonchev–Trinajstić information content (AvgIpc) is 2.49. The molecule has 0 N–H and O–H groups in total. The van der Waals surface area contributed by atoms with E-state index in [1.165, 1.54) is 0 Å². The van der Waals surface area contributed by atoms with Crippen LogP contribution in [0.2, 0.25) is 0 Å². The fraction of sp³-hybridized carbons (Fsp3) is 0.333. The summed E-state index contributed by atoms with van der Waals surface area (Å²) in [6, 6.07) is 18.0. The van der Waals surface area contributed by atoms with Gasteiger partial charge in [0.25, 0.3) is 0 Å². The number of hydrogen-bond acceptors (Lipinski definition) is 3. The monoisotopic (exact) mass is 285 g/mol. The molecular weight excluding hydrogens is 262 g/mol. The molecule has 2 rings (SSSR count). The minimum Gasteiger partial charge on any atom is -0.487 e. The van der Waals surface area contributed by atoms with E-state index < -0.39 is 0 Å². The van der Waals surface area contributed by atoms with Crippen LogP contribution in [0.3, 0.4) is 0 Å².